The van der Waals surface area contributed by atoms with E-state index in [0.29, 0.717) is 16.3 Å². The minimum atomic E-state index is -0.990. The fourth-order valence-electron chi connectivity index (χ4n) is 4.11. The number of furan rings is 1. The zero-order valence-corrected chi connectivity index (χ0v) is 19.1. The Morgan fingerprint density at radius 1 is 1.00 bits per heavy atom. The van der Waals surface area contributed by atoms with Crippen LogP contribution in [0.4, 0.5) is 5.69 Å². The maximum atomic E-state index is 13.5. The van der Waals surface area contributed by atoms with Crippen LogP contribution in [0.5, 0.6) is 0 Å². The number of carbonyl (C=O) groups is 3. The molecule has 0 aliphatic heterocycles. The Balaban J connectivity index is 1.60. The molecule has 2 aromatic heterocycles. The Morgan fingerprint density at radius 2 is 1.79 bits per heavy atom. The zero-order valence-electron chi connectivity index (χ0n) is 18.2. The molecule has 0 spiro atoms. The minimum Gasteiger partial charge on any atom is -0.467 e. The molecule has 0 radical (unpaired) electrons. The van der Waals surface area contributed by atoms with E-state index in [1.54, 1.807) is 53.9 Å². The summed E-state index contributed by atoms with van der Waals surface area (Å²) >= 11 is 1.30. The second-order valence-corrected chi connectivity index (χ2v) is 8.97. The molecule has 172 valence electrons. The number of hydrogen-bond donors (Lipinski definition) is 2. The van der Waals surface area contributed by atoms with Crippen LogP contribution in [0.3, 0.4) is 0 Å². The standard InChI is InChI=1S/C25H27N3O4S/c29-22(17-26-24(30)21-14-8-16-33-21)28(19-11-5-2-6-12-19)23(20-13-7-15-32-20)25(31)27-18-9-3-1-4-10-18/h2,5-8,11-16,18,23H,1,3-4,9-10,17H2,(H,26,30)(H,27,31). The molecule has 0 bridgehead atoms. The van der Waals surface area contributed by atoms with Gasteiger partial charge in [-0.05, 0) is 48.6 Å². The molecule has 1 aromatic carbocycles. The quantitative estimate of drug-likeness (QED) is 0.519. The Hall–Kier alpha value is -3.39. The molecule has 1 aliphatic rings. The molecule has 4 rings (SSSR count). The lowest BCUT2D eigenvalue weighted by Crippen LogP contribution is -2.49. The summed E-state index contributed by atoms with van der Waals surface area (Å²) in [6.45, 7) is -0.250. The van der Waals surface area contributed by atoms with Gasteiger partial charge in [-0.2, -0.15) is 0 Å². The van der Waals surface area contributed by atoms with E-state index >= 15 is 0 Å². The largest absolute Gasteiger partial charge is 0.467 e. The molecule has 2 heterocycles. The number of para-hydroxylation sites is 1. The van der Waals surface area contributed by atoms with E-state index in [2.05, 4.69) is 10.6 Å². The summed E-state index contributed by atoms with van der Waals surface area (Å²) < 4.78 is 5.60. The number of nitrogens with one attached hydrogen (secondary N) is 2. The maximum Gasteiger partial charge on any atom is 0.261 e. The molecule has 1 atom stereocenters. The average Bonchev–Trinajstić information content (AvgIpc) is 3.56. The minimum absolute atomic E-state index is 0.0787. The van der Waals surface area contributed by atoms with Gasteiger partial charge in [-0.15, -0.1) is 11.3 Å². The van der Waals surface area contributed by atoms with Crippen LogP contribution >= 0.6 is 11.3 Å². The van der Waals surface area contributed by atoms with Crippen molar-refractivity contribution in [1.29, 1.82) is 0 Å². The van der Waals surface area contributed by atoms with Crippen molar-refractivity contribution in [3.63, 3.8) is 0 Å². The molecule has 1 saturated carbocycles. The number of benzene rings is 1. The van der Waals surface area contributed by atoms with Crippen molar-refractivity contribution < 1.29 is 18.8 Å². The van der Waals surface area contributed by atoms with E-state index in [4.69, 9.17) is 4.42 Å². The summed E-state index contributed by atoms with van der Waals surface area (Å²) in [6, 6.07) is 14.9. The highest BCUT2D eigenvalue weighted by atomic mass is 32.1. The molecule has 1 fully saturated rings. The van der Waals surface area contributed by atoms with E-state index in [-0.39, 0.29) is 24.4 Å². The van der Waals surface area contributed by atoms with Gasteiger partial charge in [0.15, 0.2) is 6.04 Å². The lowest BCUT2D eigenvalue weighted by atomic mass is 9.95. The Bertz CT molecular complexity index is 1040. The first-order chi connectivity index (χ1) is 16.1. The SMILES string of the molecule is O=C(NCC(=O)N(c1ccccc1)C(C(=O)NC1CCCCC1)c1ccco1)c1cccs1. The Labute approximate surface area is 196 Å². The number of carbonyl (C=O) groups excluding carboxylic acids is 3. The van der Waals surface area contributed by atoms with Crippen molar-refractivity contribution in [2.24, 2.45) is 0 Å². The molecule has 3 amide bonds. The number of hydrogen-bond acceptors (Lipinski definition) is 5. The molecular formula is C25H27N3O4S. The van der Waals surface area contributed by atoms with Crippen molar-refractivity contribution in [1.82, 2.24) is 10.6 Å². The van der Waals surface area contributed by atoms with Gasteiger partial charge in [0, 0.05) is 11.7 Å². The Kier molecular flexibility index (Phi) is 7.57. The first kappa shape index (κ1) is 22.8. The fourth-order valence-corrected chi connectivity index (χ4v) is 4.75. The number of nitrogens with zero attached hydrogens (tertiary/aromatic N) is 1. The van der Waals surface area contributed by atoms with Gasteiger partial charge in [-0.1, -0.05) is 43.5 Å². The number of rotatable bonds is 8. The predicted molar refractivity (Wildman–Crippen MR) is 127 cm³/mol. The van der Waals surface area contributed by atoms with Crippen LogP contribution in [-0.4, -0.2) is 30.3 Å². The number of amides is 3. The molecular weight excluding hydrogens is 438 g/mol. The van der Waals surface area contributed by atoms with Gasteiger partial charge in [0.1, 0.15) is 5.76 Å². The summed E-state index contributed by atoms with van der Waals surface area (Å²) in [5.74, 6) is -0.664. The van der Waals surface area contributed by atoms with Crippen molar-refractivity contribution in [3.05, 3.63) is 76.9 Å². The van der Waals surface area contributed by atoms with Crippen LogP contribution in [0.2, 0.25) is 0 Å². The van der Waals surface area contributed by atoms with Gasteiger partial charge >= 0.3 is 0 Å². The lowest BCUT2D eigenvalue weighted by molar-refractivity contribution is -0.127. The van der Waals surface area contributed by atoms with Crippen molar-refractivity contribution in [3.8, 4) is 0 Å². The third kappa shape index (κ3) is 5.70. The summed E-state index contributed by atoms with van der Waals surface area (Å²) in [7, 11) is 0. The first-order valence-corrected chi connectivity index (χ1v) is 12.0. The highest BCUT2D eigenvalue weighted by Gasteiger charge is 2.36. The van der Waals surface area contributed by atoms with E-state index < -0.39 is 11.9 Å². The molecule has 2 N–H and O–H groups in total. The Morgan fingerprint density at radius 3 is 2.45 bits per heavy atom. The molecule has 1 unspecified atom stereocenters. The molecule has 8 heteroatoms. The van der Waals surface area contributed by atoms with Crippen LogP contribution < -0.4 is 15.5 Å². The van der Waals surface area contributed by atoms with Gasteiger partial charge in [-0.3, -0.25) is 19.3 Å². The zero-order chi connectivity index (χ0) is 23.0. The monoisotopic (exact) mass is 465 g/mol. The van der Waals surface area contributed by atoms with E-state index in [1.165, 1.54) is 28.9 Å². The van der Waals surface area contributed by atoms with Crippen molar-refractivity contribution in [2.75, 3.05) is 11.4 Å². The van der Waals surface area contributed by atoms with Crippen LogP contribution in [0.25, 0.3) is 0 Å². The van der Waals surface area contributed by atoms with Crippen LogP contribution in [0.1, 0.15) is 53.6 Å². The lowest BCUT2D eigenvalue weighted by Gasteiger charge is -2.32. The summed E-state index contributed by atoms with van der Waals surface area (Å²) in [5, 5.41) is 7.60. The van der Waals surface area contributed by atoms with Gasteiger partial charge in [0.05, 0.1) is 17.7 Å². The van der Waals surface area contributed by atoms with Crippen LogP contribution in [-0.2, 0) is 9.59 Å². The topological polar surface area (TPSA) is 91.7 Å². The van der Waals surface area contributed by atoms with Gasteiger partial charge in [0.25, 0.3) is 11.8 Å². The second-order valence-electron chi connectivity index (χ2n) is 8.02. The first-order valence-electron chi connectivity index (χ1n) is 11.2. The second kappa shape index (κ2) is 11.0. The third-order valence-corrected chi connectivity index (χ3v) is 6.59. The molecule has 0 saturated heterocycles. The average molecular weight is 466 g/mol. The van der Waals surface area contributed by atoms with Gasteiger partial charge < -0.3 is 15.1 Å². The van der Waals surface area contributed by atoms with Crippen molar-refractivity contribution in [2.45, 2.75) is 44.2 Å². The normalized spacial score (nSPS) is 14.9. The van der Waals surface area contributed by atoms with E-state index in [9.17, 15) is 14.4 Å². The predicted octanol–water partition coefficient (Wildman–Crippen LogP) is 4.29. The molecule has 33 heavy (non-hydrogen) atoms. The summed E-state index contributed by atoms with van der Waals surface area (Å²) in [4.78, 5) is 41.3. The molecule has 1 aliphatic carbocycles. The highest BCUT2D eigenvalue weighted by molar-refractivity contribution is 7.12. The summed E-state index contributed by atoms with van der Waals surface area (Å²) in [6.07, 6.45) is 6.66. The van der Waals surface area contributed by atoms with Crippen LogP contribution in [0, 0.1) is 0 Å². The van der Waals surface area contributed by atoms with Crippen LogP contribution in [0.15, 0.2) is 70.7 Å². The highest BCUT2D eigenvalue weighted by Crippen LogP contribution is 2.29. The van der Waals surface area contributed by atoms with Gasteiger partial charge in [-0.25, -0.2) is 0 Å². The molecule has 3 aromatic rings. The maximum absolute atomic E-state index is 13.5. The number of anilines is 1. The fraction of sp³-hybridized carbons (Fsp3) is 0.320. The molecule has 7 nitrogen and oxygen atoms in total. The van der Waals surface area contributed by atoms with E-state index in [1.807, 2.05) is 6.07 Å². The summed E-state index contributed by atoms with van der Waals surface area (Å²) in [5.41, 5.74) is 0.549. The third-order valence-electron chi connectivity index (χ3n) is 5.72. The van der Waals surface area contributed by atoms with Crippen molar-refractivity contribution >= 4 is 34.7 Å². The smallest absolute Gasteiger partial charge is 0.261 e. The van der Waals surface area contributed by atoms with Gasteiger partial charge in [0.2, 0.25) is 5.91 Å². The van der Waals surface area contributed by atoms with E-state index in [0.717, 1.165) is 25.7 Å². The number of thiophene rings is 1.